The Bertz CT molecular complexity index is 530. The van der Waals surface area contributed by atoms with Gasteiger partial charge < -0.3 is 10.1 Å². The lowest BCUT2D eigenvalue weighted by Gasteiger charge is -2.01. The van der Waals surface area contributed by atoms with E-state index < -0.39 is 0 Å². The van der Waals surface area contributed by atoms with Crippen LogP contribution in [0.3, 0.4) is 0 Å². The van der Waals surface area contributed by atoms with Crippen LogP contribution in [0.5, 0.6) is 5.75 Å². The predicted molar refractivity (Wildman–Crippen MR) is 86.6 cm³/mol. The number of ether oxygens (including phenoxy) is 1. The molecule has 0 bridgehead atoms. The number of nitrogens with zero attached hydrogens (tertiary/aromatic N) is 1. The molecular formula is C15H19ClN2OS. The number of hydrogen-bond donors (Lipinski definition) is 1. The number of nitrogens with one attached hydrogen (secondary N) is 1. The molecule has 0 fully saturated rings. The van der Waals surface area contributed by atoms with Gasteiger partial charge in [-0.1, -0.05) is 12.1 Å². The van der Waals surface area contributed by atoms with E-state index in [2.05, 4.69) is 17.4 Å². The van der Waals surface area contributed by atoms with Crippen molar-refractivity contribution >= 4 is 29.6 Å². The molecular weight excluding hydrogens is 292 g/mol. The lowest BCUT2D eigenvalue weighted by atomic mass is 10.1. The van der Waals surface area contributed by atoms with Crippen molar-refractivity contribution in [3.05, 3.63) is 39.7 Å². The molecule has 2 aromatic rings. The van der Waals surface area contributed by atoms with Gasteiger partial charge in [-0.05, 0) is 37.0 Å². The summed E-state index contributed by atoms with van der Waals surface area (Å²) >= 11 is 1.85. The van der Waals surface area contributed by atoms with Crippen LogP contribution < -0.4 is 10.1 Å². The molecule has 5 heteroatoms. The third-order valence-corrected chi connectivity index (χ3v) is 4.49. The van der Waals surface area contributed by atoms with E-state index in [1.807, 2.05) is 23.5 Å². The van der Waals surface area contributed by atoms with Crippen LogP contribution in [0.15, 0.2) is 24.3 Å². The minimum atomic E-state index is 0. The van der Waals surface area contributed by atoms with Gasteiger partial charge in [-0.15, -0.1) is 23.7 Å². The van der Waals surface area contributed by atoms with Gasteiger partial charge >= 0.3 is 0 Å². The molecule has 0 saturated heterocycles. The number of benzene rings is 1. The first-order valence-electron chi connectivity index (χ1n) is 6.70. The zero-order chi connectivity index (χ0) is 13.1. The average molecular weight is 311 g/mol. The van der Waals surface area contributed by atoms with Crippen LogP contribution in [0.1, 0.15) is 28.3 Å². The molecule has 0 saturated carbocycles. The van der Waals surface area contributed by atoms with Gasteiger partial charge in [0.2, 0.25) is 0 Å². The summed E-state index contributed by atoms with van der Waals surface area (Å²) < 4.78 is 5.18. The number of thiazole rings is 1. The minimum absolute atomic E-state index is 0. The van der Waals surface area contributed by atoms with Crippen molar-refractivity contribution in [2.45, 2.75) is 25.7 Å². The monoisotopic (exact) mass is 310 g/mol. The van der Waals surface area contributed by atoms with Gasteiger partial charge in [0, 0.05) is 17.8 Å². The van der Waals surface area contributed by atoms with Gasteiger partial charge in [0.05, 0.1) is 12.1 Å². The standard InChI is InChI=1S/C15H18N2OS.ClH/c1-18-12-7-5-11(6-8-12)10-14-17-15-13(19-14)4-2-3-9-16-15;/h5-8,16H,2-4,9-10H2,1H3;1H. The van der Waals surface area contributed by atoms with E-state index in [1.54, 1.807) is 7.11 Å². The molecule has 20 heavy (non-hydrogen) atoms. The molecule has 3 nitrogen and oxygen atoms in total. The molecule has 1 aliphatic heterocycles. The third-order valence-electron chi connectivity index (χ3n) is 3.38. The quantitative estimate of drug-likeness (QED) is 0.933. The molecule has 1 aliphatic rings. The number of hydrogen-bond acceptors (Lipinski definition) is 4. The van der Waals surface area contributed by atoms with Crippen LogP contribution in [-0.4, -0.2) is 18.6 Å². The van der Waals surface area contributed by atoms with Crippen molar-refractivity contribution in [1.29, 1.82) is 0 Å². The van der Waals surface area contributed by atoms with Crippen molar-refractivity contribution in [2.24, 2.45) is 0 Å². The molecule has 0 unspecified atom stereocenters. The highest BCUT2D eigenvalue weighted by molar-refractivity contribution is 7.12. The summed E-state index contributed by atoms with van der Waals surface area (Å²) in [5.74, 6) is 2.02. The second kappa shape index (κ2) is 6.95. The summed E-state index contributed by atoms with van der Waals surface area (Å²) in [5, 5.41) is 4.63. The van der Waals surface area contributed by atoms with E-state index in [-0.39, 0.29) is 12.4 Å². The SMILES string of the molecule is COc1ccc(Cc2nc3c(s2)CCCCN3)cc1.Cl. The summed E-state index contributed by atoms with van der Waals surface area (Å²) in [6.45, 7) is 1.05. The van der Waals surface area contributed by atoms with Crippen molar-refractivity contribution < 1.29 is 4.74 Å². The lowest BCUT2D eigenvalue weighted by molar-refractivity contribution is 0.414. The molecule has 0 aliphatic carbocycles. The first kappa shape index (κ1) is 15.1. The summed E-state index contributed by atoms with van der Waals surface area (Å²) in [5.41, 5.74) is 1.28. The van der Waals surface area contributed by atoms with Crippen molar-refractivity contribution in [3.63, 3.8) is 0 Å². The Morgan fingerprint density at radius 2 is 2.05 bits per heavy atom. The lowest BCUT2D eigenvalue weighted by Crippen LogP contribution is -1.99. The maximum absolute atomic E-state index is 5.18. The molecule has 1 aromatic carbocycles. The summed E-state index contributed by atoms with van der Waals surface area (Å²) in [7, 11) is 1.69. The summed E-state index contributed by atoms with van der Waals surface area (Å²) in [6.07, 6.45) is 4.59. The van der Waals surface area contributed by atoms with Gasteiger partial charge in [-0.25, -0.2) is 4.98 Å². The van der Waals surface area contributed by atoms with Crippen molar-refractivity contribution in [2.75, 3.05) is 19.0 Å². The Kier molecular flexibility index (Phi) is 5.26. The smallest absolute Gasteiger partial charge is 0.140 e. The van der Waals surface area contributed by atoms with Crippen LogP contribution >= 0.6 is 23.7 Å². The second-order valence-electron chi connectivity index (χ2n) is 4.79. The van der Waals surface area contributed by atoms with E-state index in [1.165, 1.54) is 34.7 Å². The van der Waals surface area contributed by atoms with E-state index in [4.69, 9.17) is 9.72 Å². The first-order chi connectivity index (χ1) is 9.35. The molecule has 1 N–H and O–H groups in total. The number of rotatable bonds is 3. The highest BCUT2D eigenvalue weighted by Gasteiger charge is 2.13. The Hall–Kier alpha value is -1.26. The fourth-order valence-electron chi connectivity index (χ4n) is 2.32. The van der Waals surface area contributed by atoms with E-state index in [9.17, 15) is 0 Å². The second-order valence-corrected chi connectivity index (χ2v) is 5.96. The fourth-order valence-corrected chi connectivity index (χ4v) is 3.44. The summed E-state index contributed by atoms with van der Waals surface area (Å²) in [6, 6.07) is 8.23. The number of aryl methyl sites for hydroxylation is 1. The molecule has 0 radical (unpaired) electrons. The van der Waals surface area contributed by atoms with Gasteiger partial charge in [0.1, 0.15) is 11.6 Å². The van der Waals surface area contributed by atoms with Gasteiger partial charge in [0.25, 0.3) is 0 Å². The highest BCUT2D eigenvalue weighted by atomic mass is 35.5. The molecule has 108 valence electrons. The maximum atomic E-state index is 5.18. The topological polar surface area (TPSA) is 34.1 Å². The third kappa shape index (κ3) is 3.44. The largest absolute Gasteiger partial charge is 0.497 e. The molecule has 0 atom stereocenters. The van der Waals surface area contributed by atoms with Crippen LogP contribution in [0.4, 0.5) is 5.82 Å². The molecule has 1 aromatic heterocycles. The molecule has 3 rings (SSSR count). The highest BCUT2D eigenvalue weighted by Crippen LogP contribution is 2.28. The van der Waals surface area contributed by atoms with E-state index >= 15 is 0 Å². The van der Waals surface area contributed by atoms with Gasteiger partial charge in [0.15, 0.2) is 0 Å². The van der Waals surface area contributed by atoms with Crippen LogP contribution in [0, 0.1) is 0 Å². The number of methoxy groups -OCH3 is 1. The van der Waals surface area contributed by atoms with Gasteiger partial charge in [-0.3, -0.25) is 0 Å². The van der Waals surface area contributed by atoms with Crippen LogP contribution in [0.25, 0.3) is 0 Å². The van der Waals surface area contributed by atoms with Crippen LogP contribution in [0.2, 0.25) is 0 Å². The molecule has 0 spiro atoms. The average Bonchev–Trinajstić information content (AvgIpc) is 2.69. The first-order valence-corrected chi connectivity index (χ1v) is 7.52. The number of aromatic nitrogens is 1. The van der Waals surface area contributed by atoms with Crippen LogP contribution in [-0.2, 0) is 12.8 Å². The van der Waals surface area contributed by atoms with E-state index in [0.717, 1.165) is 24.5 Å². The maximum Gasteiger partial charge on any atom is 0.140 e. The molecule has 0 amide bonds. The Morgan fingerprint density at radius 3 is 2.80 bits per heavy atom. The number of anilines is 1. The fraction of sp³-hybridized carbons (Fsp3) is 0.400. The predicted octanol–water partition coefficient (Wildman–Crippen LogP) is 3.91. The van der Waals surface area contributed by atoms with Crippen molar-refractivity contribution in [1.82, 2.24) is 4.98 Å². The molecule has 2 heterocycles. The minimum Gasteiger partial charge on any atom is -0.497 e. The zero-order valence-electron chi connectivity index (χ0n) is 11.5. The number of halogens is 1. The normalized spacial score (nSPS) is 13.7. The Labute approximate surface area is 129 Å². The Balaban J connectivity index is 0.00000147. The van der Waals surface area contributed by atoms with Gasteiger partial charge in [-0.2, -0.15) is 0 Å². The zero-order valence-corrected chi connectivity index (χ0v) is 13.1. The summed E-state index contributed by atoms with van der Waals surface area (Å²) in [4.78, 5) is 6.14. The van der Waals surface area contributed by atoms with Crippen molar-refractivity contribution in [3.8, 4) is 5.75 Å². The Morgan fingerprint density at radius 1 is 1.25 bits per heavy atom. The number of fused-ring (bicyclic) bond motifs is 1. The van der Waals surface area contributed by atoms with E-state index in [0.29, 0.717) is 0 Å².